The molecule has 0 saturated carbocycles. The molecule has 0 heterocycles. The molecule has 0 aromatic rings. The quantitative estimate of drug-likeness (QED) is 0.482. The summed E-state index contributed by atoms with van der Waals surface area (Å²) < 4.78 is 24.9. The summed E-state index contributed by atoms with van der Waals surface area (Å²) in [7, 11) is -4.89. The van der Waals surface area contributed by atoms with Crippen LogP contribution in [-0.4, -0.2) is 42.6 Å². The first kappa shape index (κ1) is 20.3. The van der Waals surface area contributed by atoms with Crippen molar-refractivity contribution in [2.45, 2.75) is 66.5 Å². The van der Waals surface area contributed by atoms with Crippen LogP contribution in [0.2, 0.25) is 12.1 Å². The van der Waals surface area contributed by atoms with E-state index in [9.17, 15) is 0 Å². The SMILES string of the molecule is CCC[Si](CCC)(OCC)[Si](OCC)(OCC)OCC. The second-order valence-corrected chi connectivity index (χ2v) is 14.6. The van der Waals surface area contributed by atoms with Crippen molar-refractivity contribution >= 4 is 16.2 Å². The number of hydrogen-bond acceptors (Lipinski definition) is 4. The third-order valence-electron chi connectivity index (χ3n) is 3.29. The van der Waals surface area contributed by atoms with Crippen LogP contribution in [0.1, 0.15) is 54.4 Å². The molecule has 0 N–H and O–H groups in total. The van der Waals surface area contributed by atoms with Gasteiger partial charge < -0.3 is 17.7 Å². The maximum absolute atomic E-state index is 6.36. The van der Waals surface area contributed by atoms with E-state index in [0.717, 1.165) is 24.9 Å². The molecular weight excluding hydrogens is 288 g/mol. The molecule has 0 rings (SSSR count). The average Bonchev–Trinajstić information content (AvgIpc) is 2.40. The highest BCUT2D eigenvalue weighted by molar-refractivity contribution is 7.32. The molecule has 20 heavy (non-hydrogen) atoms. The first-order valence-electron chi connectivity index (χ1n) is 8.17. The molecule has 0 fully saturated rings. The first-order valence-corrected chi connectivity index (χ1v) is 13.2. The van der Waals surface area contributed by atoms with Gasteiger partial charge in [-0.05, 0) is 39.8 Å². The van der Waals surface area contributed by atoms with Crippen LogP contribution >= 0.6 is 0 Å². The summed E-state index contributed by atoms with van der Waals surface area (Å²) >= 11 is 0. The zero-order valence-corrected chi connectivity index (χ0v) is 16.3. The molecule has 0 unspecified atom stereocenters. The summed E-state index contributed by atoms with van der Waals surface area (Å²) in [6, 6.07) is 2.11. The minimum Gasteiger partial charge on any atom is -0.411 e. The Labute approximate surface area is 127 Å². The lowest BCUT2D eigenvalue weighted by Gasteiger charge is -2.43. The van der Waals surface area contributed by atoms with Crippen LogP contribution < -0.4 is 0 Å². The molecule has 4 nitrogen and oxygen atoms in total. The third kappa shape index (κ3) is 4.92. The molecule has 0 amide bonds. The van der Waals surface area contributed by atoms with Crippen LogP contribution in [0.3, 0.4) is 0 Å². The second kappa shape index (κ2) is 10.9. The minimum atomic E-state index is -2.72. The summed E-state index contributed by atoms with van der Waals surface area (Å²) in [6.45, 7) is 15.1. The monoisotopic (exact) mass is 322 g/mol. The molecule has 0 spiro atoms. The first-order chi connectivity index (χ1) is 9.61. The Morgan fingerprint density at radius 1 is 0.550 bits per heavy atom. The van der Waals surface area contributed by atoms with E-state index in [1.165, 1.54) is 0 Å². The van der Waals surface area contributed by atoms with E-state index in [0.29, 0.717) is 26.4 Å². The van der Waals surface area contributed by atoms with Crippen LogP contribution in [0.15, 0.2) is 0 Å². The maximum atomic E-state index is 6.36. The van der Waals surface area contributed by atoms with Gasteiger partial charge in [0.1, 0.15) is 0 Å². The van der Waals surface area contributed by atoms with Gasteiger partial charge in [0, 0.05) is 26.4 Å². The van der Waals surface area contributed by atoms with Crippen LogP contribution in [0.4, 0.5) is 0 Å². The highest BCUT2D eigenvalue weighted by atomic mass is 29.3. The van der Waals surface area contributed by atoms with Gasteiger partial charge in [-0.1, -0.05) is 26.7 Å². The summed E-state index contributed by atoms with van der Waals surface area (Å²) in [4.78, 5) is 0. The molecule has 0 aliphatic carbocycles. The van der Waals surface area contributed by atoms with Crippen LogP contribution in [0.5, 0.6) is 0 Å². The topological polar surface area (TPSA) is 36.9 Å². The van der Waals surface area contributed by atoms with E-state index in [2.05, 4.69) is 20.8 Å². The fourth-order valence-corrected chi connectivity index (χ4v) is 16.5. The normalized spacial score (nSPS) is 12.9. The summed E-state index contributed by atoms with van der Waals surface area (Å²) in [5.74, 6) is 0. The Morgan fingerprint density at radius 2 is 0.900 bits per heavy atom. The number of rotatable bonds is 13. The smallest absolute Gasteiger partial charge is 0.411 e. The van der Waals surface area contributed by atoms with Gasteiger partial charge in [0.25, 0.3) is 7.83 Å². The molecule has 0 aromatic heterocycles. The molecule has 122 valence electrons. The van der Waals surface area contributed by atoms with Crippen molar-refractivity contribution in [1.82, 2.24) is 0 Å². The van der Waals surface area contributed by atoms with Crippen LogP contribution in [0.25, 0.3) is 0 Å². The highest BCUT2D eigenvalue weighted by Gasteiger charge is 2.63. The largest absolute Gasteiger partial charge is 0.503 e. The Kier molecular flexibility index (Phi) is 11.1. The maximum Gasteiger partial charge on any atom is 0.503 e. The van der Waals surface area contributed by atoms with Crippen molar-refractivity contribution in [3.05, 3.63) is 0 Å². The van der Waals surface area contributed by atoms with E-state index >= 15 is 0 Å². The van der Waals surface area contributed by atoms with Crippen LogP contribution in [-0.2, 0) is 17.7 Å². The molecule has 0 saturated heterocycles. The molecule has 6 heteroatoms. The van der Waals surface area contributed by atoms with Crippen molar-refractivity contribution in [2.24, 2.45) is 0 Å². The summed E-state index contributed by atoms with van der Waals surface area (Å²) in [5, 5.41) is 0. The molecule has 0 aliphatic heterocycles. The predicted molar refractivity (Wildman–Crippen MR) is 88.2 cm³/mol. The minimum absolute atomic E-state index is 0.626. The lowest BCUT2D eigenvalue weighted by molar-refractivity contribution is 0.0814. The highest BCUT2D eigenvalue weighted by Crippen LogP contribution is 2.34. The zero-order chi connectivity index (χ0) is 15.5. The second-order valence-electron chi connectivity index (χ2n) is 4.78. The van der Waals surface area contributed by atoms with E-state index in [-0.39, 0.29) is 0 Å². The van der Waals surface area contributed by atoms with E-state index in [1.807, 2.05) is 20.8 Å². The number of hydrogen-bond donors (Lipinski definition) is 0. The third-order valence-corrected chi connectivity index (χ3v) is 16.4. The molecule has 0 aliphatic rings. The van der Waals surface area contributed by atoms with E-state index in [4.69, 9.17) is 17.7 Å². The Balaban J connectivity index is 5.62. The summed E-state index contributed by atoms with van der Waals surface area (Å²) in [5.41, 5.74) is 0. The van der Waals surface area contributed by atoms with Crippen molar-refractivity contribution < 1.29 is 17.7 Å². The standard InChI is InChI=1S/C14H34O4Si2/c1-7-13-19(14-8-2,15-9-3)20(16-10-4,17-11-5)18-12-6/h7-14H2,1-6H3. The van der Waals surface area contributed by atoms with Crippen molar-refractivity contribution in [3.63, 3.8) is 0 Å². The van der Waals surface area contributed by atoms with Gasteiger partial charge in [-0.25, -0.2) is 0 Å². The molecular formula is C14H34O4Si2. The van der Waals surface area contributed by atoms with Crippen LogP contribution in [0, 0.1) is 0 Å². The van der Waals surface area contributed by atoms with Crippen molar-refractivity contribution in [1.29, 1.82) is 0 Å². The zero-order valence-electron chi connectivity index (χ0n) is 14.3. The molecule has 0 aromatic carbocycles. The lowest BCUT2D eigenvalue weighted by atomic mass is 10.6. The fraction of sp³-hybridized carbons (Fsp3) is 1.00. The predicted octanol–water partition coefficient (Wildman–Crippen LogP) is 3.92. The summed E-state index contributed by atoms with van der Waals surface area (Å²) in [6.07, 6.45) is 2.18. The van der Waals surface area contributed by atoms with Gasteiger partial charge in [0.2, 0.25) is 0 Å². The van der Waals surface area contributed by atoms with Gasteiger partial charge >= 0.3 is 8.32 Å². The lowest BCUT2D eigenvalue weighted by Crippen LogP contribution is -2.70. The van der Waals surface area contributed by atoms with Gasteiger partial charge in [-0.15, -0.1) is 0 Å². The average molecular weight is 323 g/mol. The van der Waals surface area contributed by atoms with Gasteiger partial charge in [0.15, 0.2) is 0 Å². The molecule has 0 atom stereocenters. The van der Waals surface area contributed by atoms with Gasteiger partial charge in [0.05, 0.1) is 0 Å². The van der Waals surface area contributed by atoms with Crippen molar-refractivity contribution in [2.75, 3.05) is 26.4 Å². The Hall–Kier alpha value is 0.274. The van der Waals surface area contributed by atoms with Gasteiger partial charge in [-0.3, -0.25) is 0 Å². The van der Waals surface area contributed by atoms with Gasteiger partial charge in [-0.2, -0.15) is 0 Å². The molecule has 0 bridgehead atoms. The Bertz CT molecular complexity index is 181. The van der Waals surface area contributed by atoms with E-state index in [1.54, 1.807) is 0 Å². The van der Waals surface area contributed by atoms with Crippen molar-refractivity contribution in [3.8, 4) is 0 Å². The Morgan fingerprint density at radius 3 is 1.15 bits per heavy atom. The fourth-order valence-electron chi connectivity index (χ4n) is 2.84. The molecule has 0 radical (unpaired) electrons. The van der Waals surface area contributed by atoms with E-state index < -0.39 is 16.2 Å².